The second kappa shape index (κ2) is 5.05. The van der Waals surface area contributed by atoms with Gasteiger partial charge in [0.1, 0.15) is 11.3 Å². The average molecular weight is 359 g/mol. The maximum absolute atomic E-state index is 6.28. The van der Waals surface area contributed by atoms with Gasteiger partial charge in [-0.05, 0) is 35.6 Å². The van der Waals surface area contributed by atoms with E-state index in [0.717, 1.165) is 17.8 Å². The molecule has 2 aromatic heterocycles. The molecule has 1 unspecified atom stereocenters. The molecule has 0 aliphatic heterocycles. The fourth-order valence-corrected chi connectivity index (χ4v) is 5.01. The summed E-state index contributed by atoms with van der Waals surface area (Å²) in [4.78, 5) is 3.76. The molecule has 0 saturated heterocycles. The molecular weight excluding hydrogens is 342 g/mol. The SMILES string of the molecule is C1=CC2=Cc3oc4ccc5c6ccc7ccccc7c6[nH]c5c4c3CC2C=C1. The second-order valence-corrected chi connectivity index (χ2v) is 7.84. The number of nitrogens with one attached hydrogen (secondary N) is 1. The minimum absolute atomic E-state index is 0.443. The molecular formula is C26H17NO. The Morgan fingerprint density at radius 3 is 2.75 bits per heavy atom. The van der Waals surface area contributed by atoms with Crippen LogP contribution in [0.5, 0.6) is 0 Å². The molecule has 2 aliphatic carbocycles. The lowest BCUT2D eigenvalue weighted by atomic mass is 9.83. The van der Waals surface area contributed by atoms with Gasteiger partial charge < -0.3 is 9.40 Å². The van der Waals surface area contributed by atoms with Crippen LogP contribution in [0.15, 0.2) is 82.8 Å². The summed E-state index contributed by atoms with van der Waals surface area (Å²) < 4.78 is 6.28. The summed E-state index contributed by atoms with van der Waals surface area (Å²) in [6, 6.07) is 17.4. The largest absolute Gasteiger partial charge is 0.456 e. The topological polar surface area (TPSA) is 28.9 Å². The fraction of sp³-hybridized carbons (Fsp3) is 0.0769. The molecule has 0 spiro atoms. The van der Waals surface area contributed by atoms with Crippen molar-refractivity contribution in [1.82, 2.24) is 4.98 Å². The van der Waals surface area contributed by atoms with Gasteiger partial charge in [0.25, 0.3) is 0 Å². The smallest absolute Gasteiger partial charge is 0.137 e. The van der Waals surface area contributed by atoms with Crippen molar-refractivity contribution < 1.29 is 4.42 Å². The van der Waals surface area contributed by atoms with Crippen molar-refractivity contribution in [2.75, 3.05) is 0 Å². The second-order valence-electron chi connectivity index (χ2n) is 7.84. The van der Waals surface area contributed by atoms with Crippen molar-refractivity contribution in [3.05, 3.63) is 89.7 Å². The van der Waals surface area contributed by atoms with Gasteiger partial charge in [-0.15, -0.1) is 0 Å². The van der Waals surface area contributed by atoms with E-state index in [9.17, 15) is 0 Å². The number of hydrogen-bond donors (Lipinski definition) is 1. The van der Waals surface area contributed by atoms with Crippen LogP contribution in [0.3, 0.4) is 0 Å². The highest BCUT2D eigenvalue weighted by atomic mass is 16.3. The van der Waals surface area contributed by atoms with Crippen LogP contribution in [0.4, 0.5) is 0 Å². The van der Waals surface area contributed by atoms with E-state index < -0.39 is 0 Å². The quantitative estimate of drug-likeness (QED) is 0.320. The van der Waals surface area contributed by atoms with E-state index in [0.29, 0.717) is 5.92 Å². The van der Waals surface area contributed by atoms with Crippen LogP contribution in [0.1, 0.15) is 11.3 Å². The van der Waals surface area contributed by atoms with Gasteiger partial charge in [-0.25, -0.2) is 0 Å². The molecule has 0 amide bonds. The molecule has 28 heavy (non-hydrogen) atoms. The standard InChI is InChI=1S/C26H17NO/c1-2-7-17-14-23-21(13-16(17)6-1)24-22(28-23)12-11-20-19-10-9-15-5-3-4-8-18(15)25(19)27-26(20)24/h1-12,14,16,27H,13H2. The molecule has 3 aromatic carbocycles. The van der Waals surface area contributed by atoms with Gasteiger partial charge in [-0.3, -0.25) is 0 Å². The summed E-state index contributed by atoms with van der Waals surface area (Å²) in [7, 11) is 0. The maximum Gasteiger partial charge on any atom is 0.137 e. The fourth-order valence-electron chi connectivity index (χ4n) is 5.01. The van der Waals surface area contributed by atoms with Crippen molar-refractivity contribution in [2.45, 2.75) is 6.42 Å². The van der Waals surface area contributed by atoms with Crippen LogP contribution in [0.2, 0.25) is 0 Å². The summed E-state index contributed by atoms with van der Waals surface area (Å²) in [5.41, 5.74) is 6.04. The Morgan fingerprint density at radius 1 is 0.857 bits per heavy atom. The van der Waals surface area contributed by atoms with E-state index in [2.05, 4.69) is 83.9 Å². The van der Waals surface area contributed by atoms with E-state index in [-0.39, 0.29) is 0 Å². The van der Waals surface area contributed by atoms with Crippen molar-refractivity contribution in [2.24, 2.45) is 5.92 Å². The van der Waals surface area contributed by atoms with Crippen molar-refractivity contribution >= 4 is 49.6 Å². The third-order valence-corrected chi connectivity index (χ3v) is 6.35. The predicted molar refractivity (Wildman–Crippen MR) is 117 cm³/mol. The van der Waals surface area contributed by atoms with Gasteiger partial charge in [-0.1, -0.05) is 60.7 Å². The third kappa shape index (κ3) is 1.77. The van der Waals surface area contributed by atoms with Crippen LogP contribution >= 0.6 is 0 Å². The third-order valence-electron chi connectivity index (χ3n) is 6.35. The van der Waals surface area contributed by atoms with Crippen molar-refractivity contribution in [3.63, 3.8) is 0 Å². The van der Waals surface area contributed by atoms with Gasteiger partial charge in [-0.2, -0.15) is 0 Å². The zero-order valence-corrected chi connectivity index (χ0v) is 15.2. The Kier molecular flexibility index (Phi) is 2.62. The molecule has 2 heteroatoms. The van der Waals surface area contributed by atoms with Gasteiger partial charge in [0.05, 0.1) is 11.0 Å². The summed E-state index contributed by atoms with van der Waals surface area (Å²) >= 11 is 0. The zero-order valence-electron chi connectivity index (χ0n) is 15.2. The summed E-state index contributed by atoms with van der Waals surface area (Å²) in [6.07, 6.45) is 12.0. The van der Waals surface area contributed by atoms with E-state index in [1.54, 1.807) is 0 Å². The first-order valence-electron chi connectivity index (χ1n) is 9.81. The number of fused-ring (bicyclic) bond motifs is 10. The minimum atomic E-state index is 0.443. The highest BCUT2D eigenvalue weighted by molar-refractivity contribution is 6.22. The number of benzene rings is 3. The maximum atomic E-state index is 6.28. The van der Waals surface area contributed by atoms with E-state index in [1.165, 1.54) is 49.1 Å². The monoisotopic (exact) mass is 359 g/mol. The van der Waals surface area contributed by atoms with Crippen LogP contribution in [-0.2, 0) is 6.42 Å². The highest BCUT2D eigenvalue weighted by Gasteiger charge is 2.26. The molecule has 2 heterocycles. The average Bonchev–Trinajstić information content (AvgIpc) is 3.29. The van der Waals surface area contributed by atoms with Gasteiger partial charge >= 0.3 is 0 Å². The predicted octanol–water partition coefficient (Wildman–Crippen LogP) is 6.90. The normalized spacial score (nSPS) is 18.1. The van der Waals surface area contributed by atoms with Gasteiger partial charge in [0, 0.05) is 33.0 Å². The minimum Gasteiger partial charge on any atom is -0.456 e. The number of aromatic amines is 1. The Hall–Kier alpha value is -3.52. The molecule has 1 atom stereocenters. The molecule has 5 aromatic rings. The van der Waals surface area contributed by atoms with Crippen molar-refractivity contribution in [1.29, 1.82) is 0 Å². The summed E-state index contributed by atoms with van der Waals surface area (Å²) in [5.74, 6) is 1.45. The van der Waals surface area contributed by atoms with E-state index in [4.69, 9.17) is 4.42 Å². The number of H-pyrrole nitrogens is 1. The molecule has 7 rings (SSSR count). The molecule has 0 fully saturated rings. The molecule has 0 saturated carbocycles. The van der Waals surface area contributed by atoms with Crippen molar-refractivity contribution in [3.8, 4) is 0 Å². The number of allylic oxidation sites excluding steroid dienone is 5. The highest BCUT2D eigenvalue weighted by Crippen LogP contribution is 2.42. The van der Waals surface area contributed by atoms with Gasteiger partial charge in [0.2, 0.25) is 0 Å². The van der Waals surface area contributed by atoms with Crippen LogP contribution in [-0.4, -0.2) is 4.98 Å². The molecule has 0 bridgehead atoms. The summed E-state index contributed by atoms with van der Waals surface area (Å²) in [5, 5.41) is 6.32. The Balaban J connectivity index is 1.62. The molecule has 1 N–H and O–H groups in total. The number of rotatable bonds is 0. The first-order valence-corrected chi connectivity index (χ1v) is 9.81. The lowest BCUT2D eigenvalue weighted by Gasteiger charge is -2.20. The first-order chi connectivity index (χ1) is 13.9. The number of furan rings is 1. The zero-order chi connectivity index (χ0) is 18.2. The molecule has 0 radical (unpaired) electrons. The number of hydrogen-bond acceptors (Lipinski definition) is 1. The van der Waals surface area contributed by atoms with Gasteiger partial charge in [0.15, 0.2) is 0 Å². The number of aromatic nitrogens is 1. The van der Waals surface area contributed by atoms with E-state index >= 15 is 0 Å². The van der Waals surface area contributed by atoms with Crippen LogP contribution in [0, 0.1) is 5.92 Å². The lowest BCUT2D eigenvalue weighted by Crippen LogP contribution is -2.10. The molecule has 2 nitrogen and oxygen atoms in total. The Morgan fingerprint density at radius 2 is 1.75 bits per heavy atom. The lowest BCUT2D eigenvalue weighted by molar-refractivity contribution is 0.586. The Bertz CT molecular complexity index is 1540. The van der Waals surface area contributed by atoms with Crippen LogP contribution < -0.4 is 0 Å². The molecule has 132 valence electrons. The molecule has 2 aliphatic rings. The van der Waals surface area contributed by atoms with E-state index in [1.807, 2.05) is 0 Å². The Labute approximate surface area is 161 Å². The van der Waals surface area contributed by atoms with Crippen LogP contribution in [0.25, 0.3) is 49.6 Å². The summed E-state index contributed by atoms with van der Waals surface area (Å²) in [6.45, 7) is 0. The first kappa shape index (κ1) is 14.5.